The minimum Gasteiger partial charge on any atom is -0.310 e. The lowest BCUT2D eigenvalue weighted by atomic mass is 10.1. The molecule has 0 bridgehead atoms. The van der Waals surface area contributed by atoms with Crippen molar-refractivity contribution in [3.8, 4) is 0 Å². The monoisotopic (exact) mass is 271 g/mol. The molecule has 0 aromatic heterocycles. The number of rotatable bonds is 3. The van der Waals surface area contributed by atoms with Crippen molar-refractivity contribution >= 4 is 23.2 Å². The van der Waals surface area contributed by atoms with Gasteiger partial charge in [0.15, 0.2) is 0 Å². The molecule has 1 N–H and O–H groups in total. The molecule has 1 aromatic rings. The molecule has 2 rings (SSSR count). The fraction of sp³-hybridized carbons (Fsp3) is 0.571. The second-order valence-corrected chi connectivity index (χ2v) is 5.72. The van der Waals surface area contributed by atoms with E-state index in [1.165, 1.54) is 44.1 Å². The van der Waals surface area contributed by atoms with E-state index in [0.29, 0.717) is 6.04 Å². The van der Waals surface area contributed by atoms with Gasteiger partial charge in [0.1, 0.15) is 0 Å². The van der Waals surface area contributed by atoms with Crippen molar-refractivity contribution in [2.75, 3.05) is 0 Å². The van der Waals surface area contributed by atoms with Gasteiger partial charge in [0, 0.05) is 22.6 Å². The molecule has 94 valence electrons. The van der Waals surface area contributed by atoms with E-state index in [9.17, 15) is 0 Å². The van der Waals surface area contributed by atoms with Crippen LogP contribution in [0.3, 0.4) is 0 Å². The third-order valence-electron chi connectivity index (χ3n) is 3.37. The van der Waals surface area contributed by atoms with Gasteiger partial charge in [-0.2, -0.15) is 0 Å². The lowest BCUT2D eigenvalue weighted by Crippen LogP contribution is -2.27. The Labute approximate surface area is 114 Å². The van der Waals surface area contributed by atoms with Gasteiger partial charge in [-0.1, -0.05) is 48.9 Å². The zero-order valence-corrected chi connectivity index (χ0v) is 11.5. The predicted molar refractivity (Wildman–Crippen MR) is 74.8 cm³/mol. The van der Waals surface area contributed by atoms with Crippen LogP contribution in [-0.4, -0.2) is 6.04 Å². The molecule has 0 aliphatic heterocycles. The summed E-state index contributed by atoms with van der Waals surface area (Å²) in [6.45, 7) is 0.866. The Morgan fingerprint density at radius 1 is 0.941 bits per heavy atom. The second kappa shape index (κ2) is 6.63. The summed E-state index contributed by atoms with van der Waals surface area (Å²) < 4.78 is 0. The van der Waals surface area contributed by atoms with Crippen molar-refractivity contribution in [3.05, 3.63) is 33.8 Å². The summed E-state index contributed by atoms with van der Waals surface area (Å²) in [5.41, 5.74) is 1.17. The Hall–Kier alpha value is -0.240. The quantitative estimate of drug-likeness (QED) is 0.779. The van der Waals surface area contributed by atoms with Gasteiger partial charge in [0.25, 0.3) is 0 Å². The summed E-state index contributed by atoms with van der Waals surface area (Å²) in [5, 5.41) is 5.05. The molecule has 0 radical (unpaired) electrons. The van der Waals surface area contributed by atoms with Crippen LogP contribution in [0.5, 0.6) is 0 Å². The third-order valence-corrected chi connectivity index (χ3v) is 3.81. The molecule has 1 aliphatic rings. The first-order chi connectivity index (χ1) is 8.24. The van der Waals surface area contributed by atoms with E-state index in [0.717, 1.165) is 16.6 Å². The standard InChI is InChI=1S/C14H19Cl2N/c15-12-7-11(8-13(16)9-12)10-17-14-5-3-1-2-4-6-14/h7-9,14,17H,1-6,10H2. The fourth-order valence-corrected chi connectivity index (χ4v) is 3.03. The zero-order chi connectivity index (χ0) is 12.1. The first kappa shape index (κ1) is 13.2. The number of hydrogen-bond donors (Lipinski definition) is 1. The number of benzene rings is 1. The molecule has 3 heteroatoms. The summed E-state index contributed by atoms with van der Waals surface area (Å²) in [4.78, 5) is 0. The van der Waals surface area contributed by atoms with Crippen LogP contribution in [0.2, 0.25) is 10.0 Å². The number of nitrogens with one attached hydrogen (secondary N) is 1. The van der Waals surface area contributed by atoms with E-state index in [2.05, 4.69) is 5.32 Å². The summed E-state index contributed by atoms with van der Waals surface area (Å²) in [6, 6.07) is 6.40. The molecule has 1 aromatic carbocycles. The summed E-state index contributed by atoms with van der Waals surface area (Å²) in [5.74, 6) is 0. The molecule has 17 heavy (non-hydrogen) atoms. The minimum absolute atomic E-state index is 0.662. The molecule has 1 nitrogen and oxygen atoms in total. The van der Waals surface area contributed by atoms with Gasteiger partial charge in [-0.05, 0) is 36.6 Å². The van der Waals surface area contributed by atoms with Gasteiger partial charge in [0.2, 0.25) is 0 Å². The Kier molecular flexibility index (Phi) is 5.15. The molecule has 0 unspecified atom stereocenters. The predicted octanol–water partition coefficient (Wildman–Crippen LogP) is 4.81. The van der Waals surface area contributed by atoms with Crippen LogP contribution in [0.1, 0.15) is 44.1 Å². The maximum atomic E-state index is 5.99. The van der Waals surface area contributed by atoms with Gasteiger partial charge in [0.05, 0.1) is 0 Å². The normalized spacial score (nSPS) is 18.0. The van der Waals surface area contributed by atoms with E-state index in [-0.39, 0.29) is 0 Å². The Morgan fingerprint density at radius 2 is 1.53 bits per heavy atom. The Bertz CT molecular complexity index is 337. The van der Waals surface area contributed by atoms with Crippen molar-refractivity contribution in [1.82, 2.24) is 5.32 Å². The van der Waals surface area contributed by atoms with Crippen molar-refractivity contribution in [1.29, 1.82) is 0 Å². The molecular weight excluding hydrogens is 253 g/mol. The highest BCUT2D eigenvalue weighted by atomic mass is 35.5. The molecule has 0 spiro atoms. The summed E-state index contributed by atoms with van der Waals surface area (Å²) in [7, 11) is 0. The van der Waals surface area contributed by atoms with Crippen LogP contribution in [-0.2, 0) is 6.54 Å². The highest BCUT2D eigenvalue weighted by Gasteiger charge is 2.11. The topological polar surface area (TPSA) is 12.0 Å². The molecule has 0 amide bonds. The van der Waals surface area contributed by atoms with Crippen molar-refractivity contribution < 1.29 is 0 Å². The average Bonchev–Trinajstić information content (AvgIpc) is 2.53. The lowest BCUT2D eigenvalue weighted by Gasteiger charge is -2.16. The van der Waals surface area contributed by atoms with Crippen LogP contribution in [0.15, 0.2) is 18.2 Å². The SMILES string of the molecule is Clc1cc(Cl)cc(CNC2CCCCCC2)c1. The fourth-order valence-electron chi connectivity index (χ4n) is 2.46. The Morgan fingerprint density at radius 3 is 2.12 bits per heavy atom. The first-order valence-corrected chi connectivity index (χ1v) is 7.18. The molecule has 1 fully saturated rings. The van der Waals surface area contributed by atoms with E-state index < -0.39 is 0 Å². The van der Waals surface area contributed by atoms with Gasteiger partial charge in [-0.3, -0.25) is 0 Å². The molecule has 0 heterocycles. The number of hydrogen-bond acceptors (Lipinski definition) is 1. The maximum Gasteiger partial charge on any atom is 0.0424 e. The van der Waals surface area contributed by atoms with Crippen molar-refractivity contribution in [2.24, 2.45) is 0 Å². The molecule has 0 atom stereocenters. The van der Waals surface area contributed by atoms with Gasteiger partial charge < -0.3 is 5.32 Å². The van der Waals surface area contributed by atoms with Gasteiger partial charge >= 0.3 is 0 Å². The van der Waals surface area contributed by atoms with Crippen LogP contribution < -0.4 is 5.32 Å². The molecule has 1 saturated carbocycles. The summed E-state index contributed by atoms with van der Waals surface area (Å²) >= 11 is 12.0. The maximum absolute atomic E-state index is 5.99. The summed E-state index contributed by atoms with van der Waals surface area (Å²) in [6.07, 6.45) is 8.09. The zero-order valence-electron chi connectivity index (χ0n) is 10.0. The van der Waals surface area contributed by atoms with E-state index in [1.807, 2.05) is 12.1 Å². The van der Waals surface area contributed by atoms with E-state index >= 15 is 0 Å². The second-order valence-electron chi connectivity index (χ2n) is 4.85. The largest absolute Gasteiger partial charge is 0.310 e. The minimum atomic E-state index is 0.662. The highest BCUT2D eigenvalue weighted by Crippen LogP contribution is 2.20. The average molecular weight is 272 g/mol. The molecule has 0 saturated heterocycles. The van der Waals surface area contributed by atoms with Crippen molar-refractivity contribution in [2.45, 2.75) is 51.1 Å². The van der Waals surface area contributed by atoms with Gasteiger partial charge in [-0.25, -0.2) is 0 Å². The van der Waals surface area contributed by atoms with Crippen LogP contribution >= 0.6 is 23.2 Å². The third kappa shape index (κ3) is 4.50. The Balaban J connectivity index is 1.87. The highest BCUT2D eigenvalue weighted by molar-refractivity contribution is 6.34. The molecular formula is C14H19Cl2N. The van der Waals surface area contributed by atoms with Gasteiger partial charge in [-0.15, -0.1) is 0 Å². The first-order valence-electron chi connectivity index (χ1n) is 6.42. The van der Waals surface area contributed by atoms with E-state index in [1.54, 1.807) is 6.07 Å². The number of halogens is 2. The van der Waals surface area contributed by atoms with E-state index in [4.69, 9.17) is 23.2 Å². The smallest absolute Gasteiger partial charge is 0.0424 e. The van der Waals surface area contributed by atoms with Crippen LogP contribution in [0.4, 0.5) is 0 Å². The van der Waals surface area contributed by atoms with Crippen LogP contribution in [0, 0.1) is 0 Å². The van der Waals surface area contributed by atoms with Crippen molar-refractivity contribution in [3.63, 3.8) is 0 Å². The van der Waals surface area contributed by atoms with Crippen LogP contribution in [0.25, 0.3) is 0 Å². The lowest BCUT2D eigenvalue weighted by molar-refractivity contribution is 0.459. The molecule has 1 aliphatic carbocycles.